The molecule has 8 heteroatoms. The number of hydrogen-bond acceptors (Lipinski definition) is 7. The Labute approximate surface area is 153 Å². The van der Waals surface area contributed by atoms with Gasteiger partial charge in [0, 0.05) is 31.6 Å². The van der Waals surface area contributed by atoms with E-state index in [1.807, 2.05) is 38.1 Å². The summed E-state index contributed by atoms with van der Waals surface area (Å²) in [5.74, 6) is 0.295. The summed E-state index contributed by atoms with van der Waals surface area (Å²) < 4.78 is 5.11. The highest BCUT2D eigenvalue weighted by atomic mass is 16.5. The number of nitrogens with two attached hydrogens (primary N) is 2. The van der Waals surface area contributed by atoms with Gasteiger partial charge in [0.2, 0.25) is 5.95 Å². The second kappa shape index (κ2) is 9.12. The fourth-order valence-electron chi connectivity index (χ4n) is 2.40. The number of carbonyl (C=O) groups excluding carboxylic acids is 1. The Balaban J connectivity index is 2.15. The molecule has 8 nitrogen and oxygen atoms in total. The zero-order valence-electron chi connectivity index (χ0n) is 15.3. The average Bonchev–Trinajstić information content (AvgIpc) is 2.59. The summed E-state index contributed by atoms with van der Waals surface area (Å²) in [6.07, 6.45) is 1.40. The molecule has 1 aromatic carbocycles. The van der Waals surface area contributed by atoms with Gasteiger partial charge in [-0.1, -0.05) is 19.1 Å². The summed E-state index contributed by atoms with van der Waals surface area (Å²) in [6.45, 7) is 5.04. The maximum Gasteiger partial charge on any atom is 0.254 e. The highest BCUT2D eigenvalue weighted by Gasteiger charge is 2.15. The van der Waals surface area contributed by atoms with E-state index < -0.39 is 5.91 Å². The molecule has 26 heavy (non-hydrogen) atoms. The molecule has 140 valence electrons. The Hall–Kier alpha value is -2.71. The van der Waals surface area contributed by atoms with Crippen LogP contribution in [0.25, 0.3) is 0 Å². The SMILES string of the molecule is COC[C@@H](C)[C@H](N)CNc1ncc(C(N)=O)c(Nc2cccc(C)c2)n1. The summed E-state index contributed by atoms with van der Waals surface area (Å²) in [6, 6.07) is 7.61. The van der Waals surface area contributed by atoms with Crippen molar-refractivity contribution in [2.24, 2.45) is 17.4 Å². The number of anilines is 3. The van der Waals surface area contributed by atoms with Crippen molar-refractivity contribution in [3.63, 3.8) is 0 Å². The monoisotopic (exact) mass is 358 g/mol. The first-order valence-corrected chi connectivity index (χ1v) is 8.39. The standard InChI is InChI=1S/C18H26N6O2/c1-11-5-4-6-13(7-11)23-17-14(16(20)25)8-21-18(24-17)22-9-15(19)12(2)10-26-3/h4-8,12,15H,9-10,19H2,1-3H3,(H2,20,25)(H2,21,22,23,24)/t12-,15-/m1/s1. The van der Waals surface area contributed by atoms with Crippen molar-refractivity contribution in [1.29, 1.82) is 0 Å². The zero-order valence-corrected chi connectivity index (χ0v) is 15.3. The van der Waals surface area contributed by atoms with Crippen LogP contribution in [0.5, 0.6) is 0 Å². The molecule has 1 amide bonds. The van der Waals surface area contributed by atoms with E-state index in [-0.39, 0.29) is 17.5 Å². The van der Waals surface area contributed by atoms with E-state index in [0.717, 1.165) is 11.3 Å². The Morgan fingerprint density at radius 3 is 2.81 bits per heavy atom. The summed E-state index contributed by atoms with van der Waals surface area (Å²) in [4.78, 5) is 20.2. The molecule has 2 rings (SSSR count). The van der Waals surface area contributed by atoms with Crippen molar-refractivity contribution in [2.75, 3.05) is 30.9 Å². The molecule has 2 aromatic rings. The topological polar surface area (TPSA) is 128 Å². The number of hydrogen-bond donors (Lipinski definition) is 4. The molecule has 2 atom stereocenters. The molecule has 1 aromatic heterocycles. The summed E-state index contributed by atoms with van der Waals surface area (Å²) in [5, 5.41) is 6.22. The third-order valence-corrected chi connectivity index (χ3v) is 3.99. The van der Waals surface area contributed by atoms with Gasteiger partial charge in [-0.15, -0.1) is 0 Å². The third-order valence-electron chi connectivity index (χ3n) is 3.99. The van der Waals surface area contributed by atoms with Crippen LogP contribution in [0.1, 0.15) is 22.8 Å². The number of primary amides is 1. The van der Waals surface area contributed by atoms with Crippen molar-refractivity contribution in [2.45, 2.75) is 19.9 Å². The van der Waals surface area contributed by atoms with E-state index in [9.17, 15) is 4.79 Å². The van der Waals surface area contributed by atoms with Crippen LogP contribution in [0, 0.1) is 12.8 Å². The molecule has 0 radical (unpaired) electrons. The number of ether oxygens (including phenoxy) is 1. The molecule has 6 N–H and O–H groups in total. The van der Waals surface area contributed by atoms with Gasteiger partial charge >= 0.3 is 0 Å². The van der Waals surface area contributed by atoms with Crippen LogP contribution < -0.4 is 22.1 Å². The maximum absolute atomic E-state index is 11.7. The maximum atomic E-state index is 11.7. The lowest BCUT2D eigenvalue weighted by atomic mass is 10.0. The zero-order chi connectivity index (χ0) is 19.1. The van der Waals surface area contributed by atoms with Gasteiger partial charge in [-0.2, -0.15) is 4.98 Å². The molecule has 0 saturated heterocycles. The normalized spacial score (nSPS) is 13.1. The van der Waals surface area contributed by atoms with E-state index in [1.165, 1.54) is 6.20 Å². The van der Waals surface area contributed by atoms with E-state index >= 15 is 0 Å². The van der Waals surface area contributed by atoms with Crippen molar-refractivity contribution in [3.05, 3.63) is 41.6 Å². The fourth-order valence-corrected chi connectivity index (χ4v) is 2.40. The van der Waals surface area contributed by atoms with Gasteiger partial charge in [-0.05, 0) is 30.5 Å². The lowest BCUT2D eigenvalue weighted by Crippen LogP contribution is -2.37. The summed E-state index contributed by atoms with van der Waals surface area (Å²) >= 11 is 0. The van der Waals surface area contributed by atoms with Crippen molar-refractivity contribution in [1.82, 2.24) is 9.97 Å². The van der Waals surface area contributed by atoms with Gasteiger partial charge < -0.3 is 26.8 Å². The van der Waals surface area contributed by atoms with Crippen LogP contribution in [0.3, 0.4) is 0 Å². The predicted molar refractivity (Wildman–Crippen MR) is 103 cm³/mol. The Morgan fingerprint density at radius 2 is 2.15 bits per heavy atom. The highest BCUT2D eigenvalue weighted by molar-refractivity contribution is 5.98. The second-order valence-corrected chi connectivity index (χ2v) is 6.29. The molecule has 0 aliphatic rings. The number of amides is 1. The van der Waals surface area contributed by atoms with E-state index in [0.29, 0.717) is 24.9 Å². The molecular formula is C18H26N6O2. The van der Waals surface area contributed by atoms with Gasteiger partial charge in [-0.3, -0.25) is 4.79 Å². The number of nitrogens with one attached hydrogen (secondary N) is 2. The van der Waals surface area contributed by atoms with Crippen molar-refractivity contribution >= 4 is 23.4 Å². The van der Waals surface area contributed by atoms with Gasteiger partial charge in [-0.25, -0.2) is 4.98 Å². The van der Waals surface area contributed by atoms with E-state index in [4.69, 9.17) is 16.2 Å². The molecule has 0 spiro atoms. The summed E-state index contributed by atoms with van der Waals surface area (Å²) in [5.41, 5.74) is 13.7. The molecule has 1 heterocycles. The van der Waals surface area contributed by atoms with Gasteiger partial charge in [0.25, 0.3) is 5.91 Å². The Kier molecular flexibility index (Phi) is 6.88. The highest BCUT2D eigenvalue weighted by Crippen LogP contribution is 2.20. The first kappa shape index (κ1) is 19.6. The van der Waals surface area contributed by atoms with Crippen LogP contribution in [-0.4, -0.2) is 42.2 Å². The van der Waals surface area contributed by atoms with Gasteiger partial charge in [0.1, 0.15) is 11.4 Å². The van der Waals surface area contributed by atoms with Crippen LogP contribution >= 0.6 is 0 Å². The molecule has 0 aliphatic heterocycles. The third kappa shape index (κ3) is 5.40. The lowest BCUT2D eigenvalue weighted by Gasteiger charge is -2.19. The molecule has 0 unspecified atom stereocenters. The Morgan fingerprint density at radius 1 is 1.38 bits per heavy atom. The minimum absolute atomic E-state index is 0.123. The smallest absolute Gasteiger partial charge is 0.254 e. The molecule has 0 bridgehead atoms. The molecular weight excluding hydrogens is 332 g/mol. The van der Waals surface area contributed by atoms with E-state index in [2.05, 4.69) is 20.6 Å². The summed E-state index contributed by atoms with van der Waals surface area (Å²) in [7, 11) is 1.64. The predicted octanol–water partition coefficient (Wildman–Crippen LogP) is 1.65. The number of methoxy groups -OCH3 is 1. The molecule has 0 fully saturated rings. The van der Waals surface area contributed by atoms with E-state index in [1.54, 1.807) is 7.11 Å². The number of carbonyl (C=O) groups is 1. The minimum Gasteiger partial charge on any atom is -0.384 e. The average molecular weight is 358 g/mol. The number of nitrogens with zero attached hydrogens (tertiary/aromatic N) is 2. The van der Waals surface area contributed by atoms with Crippen molar-refractivity contribution < 1.29 is 9.53 Å². The van der Waals surface area contributed by atoms with Gasteiger partial charge in [0.05, 0.1) is 6.61 Å². The van der Waals surface area contributed by atoms with Crippen LogP contribution in [0.4, 0.5) is 17.5 Å². The number of aryl methyl sites for hydroxylation is 1. The first-order chi connectivity index (χ1) is 12.4. The minimum atomic E-state index is -0.600. The van der Waals surface area contributed by atoms with Crippen LogP contribution in [0.2, 0.25) is 0 Å². The number of rotatable bonds is 9. The van der Waals surface area contributed by atoms with Crippen LogP contribution in [-0.2, 0) is 4.74 Å². The molecule has 0 aliphatic carbocycles. The fraction of sp³-hybridized carbons (Fsp3) is 0.389. The largest absolute Gasteiger partial charge is 0.384 e. The van der Waals surface area contributed by atoms with Gasteiger partial charge in [0.15, 0.2) is 0 Å². The van der Waals surface area contributed by atoms with Crippen LogP contribution in [0.15, 0.2) is 30.5 Å². The molecule has 0 saturated carbocycles. The van der Waals surface area contributed by atoms with Crippen molar-refractivity contribution in [3.8, 4) is 0 Å². The first-order valence-electron chi connectivity index (χ1n) is 8.39. The number of benzene rings is 1. The quantitative estimate of drug-likeness (QED) is 0.536. The second-order valence-electron chi connectivity index (χ2n) is 6.29. The lowest BCUT2D eigenvalue weighted by molar-refractivity contribution is 0.100. The Bertz CT molecular complexity index is 752. The number of aromatic nitrogens is 2.